The highest BCUT2D eigenvalue weighted by atomic mass is 16.5. The number of hydrogen-bond donors (Lipinski definition) is 0. The Hall–Kier alpha value is -5.30. The number of fused-ring (bicyclic) bond motifs is 2. The van der Waals surface area contributed by atoms with Crippen LogP contribution >= 0.6 is 0 Å². The number of nitrogens with zero attached hydrogens (tertiary/aromatic N) is 2. The normalized spacial score (nSPS) is 27.3. The summed E-state index contributed by atoms with van der Waals surface area (Å²) in [5, 5.41) is 6.49. The molecule has 4 aromatic rings. The van der Waals surface area contributed by atoms with Crippen LogP contribution in [0.2, 0.25) is 0 Å². The standard InChI is InChI=1S/C43H42N2O5/c1-4-49-39(46)36-27-26-34(30-18-10-6-11-19-30)37-28-35(31-20-12-7-13-21-31)38(32-22-14-8-15-23-32)42(43(36,37)41(48)50-5-2)29(3)44-45(40(42)47)33-24-16-9-17-25-33/h6-25,27,34-35,37-38H,4-5,26,28H2,1-3H3. The van der Waals surface area contributed by atoms with E-state index in [0.717, 1.165) is 16.7 Å². The van der Waals surface area contributed by atoms with Crippen molar-refractivity contribution in [2.75, 3.05) is 18.2 Å². The van der Waals surface area contributed by atoms with E-state index in [2.05, 4.69) is 24.3 Å². The van der Waals surface area contributed by atoms with Gasteiger partial charge in [-0.05, 0) is 80.2 Å². The maximum Gasteiger partial charge on any atom is 0.334 e. The zero-order valence-corrected chi connectivity index (χ0v) is 28.7. The molecule has 2 aliphatic carbocycles. The van der Waals surface area contributed by atoms with Crippen LogP contribution in [0.25, 0.3) is 0 Å². The quantitative estimate of drug-likeness (QED) is 0.177. The predicted octanol–water partition coefficient (Wildman–Crippen LogP) is 8.21. The summed E-state index contributed by atoms with van der Waals surface area (Å²) in [7, 11) is 0. The minimum atomic E-state index is -1.78. The molecule has 0 radical (unpaired) electrons. The predicted molar refractivity (Wildman–Crippen MR) is 194 cm³/mol. The minimum Gasteiger partial charge on any atom is -0.465 e. The first-order valence-electron chi connectivity index (χ1n) is 17.6. The first-order valence-corrected chi connectivity index (χ1v) is 17.6. The van der Waals surface area contributed by atoms with Gasteiger partial charge in [0, 0.05) is 5.92 Å². The SMILES string of the molecule is CCOC(=O)C1=CCC(c2ccccc2)C2CC(c3ccccc3)C(c3ccccc3)C3(C(=O)N(c4ccccc4)N=C3C)C12C(=O)OCC. The maximum absolute atomic E-state index is 16.0. The molecule has 0 aromatic heterocycles. The Kier molecular flexibility index (Phi) is 9.00. The van der Waals surface area contributed by atoms with E-state index in [9.17, 15) is 4.79 Å². The third kappa shape index (κ3) is 4.93. The molecule has 6 unspecified atom stereocenters. The highest BCUT2D eigenvalue weighted by Gasteiger charge is 2.79. The number of esters is 2. The number of rotatable bonds is 8. The molecule has 0 N–H and O–H groups in total. The van der Waals surface area contributed by atoms with E-state index in [-0.39, 0.29) is 36.5 Å². The largest absolute Gasteiger partial charge is 0.465 e. The van der Waals surface area contributed by atoms with Crippen molar-refractivity contribution < 1.29 is 23.9 Å². The first-order chi connectivity index (χ1) is 24.4. The molecule has 1 saturated carbocycles. The van der Waals surface area contributed by atoms with Crippen LogP contribution in [0, 0.1) is 16.7 Å². The Morgan fingerprint density at radius 1 is 0.740 bits per heavy atom. The molecule has 0 bridgehead atoms. The number of hydrazone groups is 1. The second-order valence-electron chi connectivity index (χ2n) is 13.3. The smallest absolute Gasteiger partial charge is 0.334 e. The van der Waals surface area contributed by atoms with Gasteiger partial charge in [0.25, 0.3) is 5.91 Å². The van der Waals surface area contributed by atoms with Gasteiger partial charge in [0.05, 0.1) is 30.2 Å². The van der Waals surface area contributed by atoms with Crippen molar-refractivity contribution in [2.45, 2.75) is 51.4 Å². The van der Waals surface area contributed by atoms with Crippen molar-refractivity contribution in [3.8, 4) is 0 Å². The first kappa shape index (κ1) is 33.2. The van der Waals surface area contributed by atoms with Gasteiger partial charge in [0.1, 0.15) is 10.8 Å². The van der Waals surface area contributed by atoms with Crippen LogP contribution in [0.5, 0.6) is 0 Å². The van der Waals surface area contributed by atoms with E-state index in [1.165, 1.54) is 5.01 Å². The fourth-order valence-corrected chi connectivity index (χ4v) is 9.39. The Bertz CT molecular complexity index is 1930. The van der Waals surface area contributed by atoms with Crippen molar-refractivity contribution in [2.24, 2.45) is 21.8 Å². The van der Waals surface area contributed by atoms with Crippen molar-refractivity contribution in [1.82, 2.24) is 0 Å². The number of carbonyl (C=O) groups is 3. The molecule has 0 saturated heterocycles. The Morgan fingerprint density at radius 3 is 1.82 bits per heavy atom. The summed E-state index contributed by atoms with van der Waals surface area (Å²) in [6, 6.07) is 39.6. The number of allylic oxidation sites excluding steroid dienone is 1. The van der Waals surface area contributed by atoms with Crippen LogP contribution in [0.15, 0.2) is 138 Å². The van der Waals surface area contributed by atoms with E-state index in [1.807, 2.05) is 110 Å². The number of hydrogen-bond acceptors (Lipinski definition) is 6. The third-order valence-corrected chi connectivity index (χ3v) is 11.1. The Balaban J connectivity index is 1.64. The molecule has 50 heavy (non-hydrogen) atoms. The molecule has 7 nitrogen and oxygen atoms in total. The summed E-state index contributed by atoms with van der Waals surface area (Å²) in [5.74, 6) is -3.17. The lowest BCUT2D eigenvalue weighted by Crippen LogP contribution is -2.69. The molecule has 1 fully saturated rings. The number of anilines is 1. The topological polar surface area (TPSA) is 85.3 Å². The van der Waals surface area contributed by atoms with Crippen LogP contribution in [-0.2, 0) is 23.9 Å². The molecule has 254 valence electrons. The number of ether oxygens (including phenoxy) is 2. The van der Waals surface area contributed by atoms with Gasteiger partial charge in [0.2, 0.25) is 0 Å². The zero-order valence-electron chi connectivity index (χ0n) is 28.7. The van der Waals surface area contributed by atoms with Crippen molar-refractivity contribution in [1.29, 1.82) is 0 Å². The number of amides is 1. The van der Waals surface area contributed by atoms with E-state index in [1.54, 1.807) is 13.8 Å². The molecule has 1 heterocycles. The van der Waals surface area contributed by atoms with E-state index < -0.39 is 34.6 Å². The summed E-state index contributed by atoms with van der Waals surface area (Å²) >= 11 is 0. The average Bonchev–Trinajstić information content (AvgIpc) is 3.42. The van der Waals surface area contributed by atoms with E-state index in [0.29, 0.717) is 24.2 Å². The lowest BCUT2D eigenvalue weighted by atomic mass is 9.37. The van der Waals surface area contributed by atoms with Crippen molar-refractivity contribution >= 4 is 29.2 Å². The van der Waals surface area contributed by atoms with Crippen LogP contribution in [0.4, 0.5) is 5.69 Å². The van der Waals surface area contributed by atoms with Crippen LogP contribution in [0.3, 0.4) is 0 Å². The van der Waals surface area contributed by atoms with Gasteiger partial charge in [-0.15, -0.1) is 0 Å². The van der Waals surface area contributed by atoms with Gasteiger partial charge in [-0.2, -0.15) is 10.1 Å². The summed E-state index contributed by atoms with van der Waals surface area (Å²) < 4.78 is 11.9. The third-order valence-electron chi connectivity index (χ3n) is 11.1. The van der Waals surface area contributed by atoms with Gasteiger partial charge in [-0.3, -0.25) is 9.59 Å². The van der Waals surface area contributed by atoms with E-state index in [4.69, 9.17) is 14.6 Å². The fourth-order valence-electron chi connectivity index (χ4n) is 9.39. The number of para-hydroxylation sites is 1. The van der Waals surface area contributed by atoms with Gasteiger partial charge >= 0.3 is 11.9 Å². The molecule has 1 aliphatic heterocycles. The number of carbonyl (C=O) groups excluding carboxylic acids is 3. The maximum atomic E-state index is 16.0. The Labute approximate surface area is 293 Å². The van der Waals surface area contributed by atoms with Crippen LogP contribution < -0.4 is 5.01 Å². The lowest BCUT2D eigenvalue weighted by Gasteiger charge is -2.62. The Morgan fingerprint density at radius 2 is 1.26 bits per heavy atom. The molecule has 1 spiro atoms. The molecular formula is C43H42N2O5. The van der Waals surface area contributed by atoms with Crippen molar-refractivity contribution in [3.63, 3.8) is 0 Å². The second kappa shape index (κ2) is 13.5. The van der Waals surface area contributed by atoms with Gasteiger partial charge in [-0.25, -0.2) is 4.79 Å². The lowest BCUT2D eigenvalue weighted by molar-refractivity contribution is -0.177. The summed E-state index contributed by atoms with van der Waals surface area (Å²) in [4.78, 5) is 45.9. The van der Waals surface area contributed by atoms with Gasteiger partial charge in [-0.1, -0.05) is 115 Å². The summed E-state index contributed by atoms with van der Waals surface area (Å²) in [5.41, 5.74) is 0.728. The van der Waals surface area contributed by atoms with Gasteiger partial charge in [0.15, 0.2) is 0 Å². The van der Waals surface area contributed by atoms with Gasteiger partial charge < -0.3 is 9.47 Å². The monoisotopic (exact) mass is 666 g/mol. The van der Waals surface area contributed by atoms with Crippen molar-refractivity contribution in [3.05, 3.63) is 150 Å². The minimum absolute atomic E-state index is 0.0698. The molecule has 4 aromatic carbocycles. The highest BCUT2D eigenvalue weighted by Crippen LogP contribution is 2.73. The summed E-state index contributed by atoms with van der Waals surface area (Å²) in [6.45, 7) is 5.54. The molecular weight excluding hydrogens is 624 g/mol. The number of benzene rings is 4. The molecule has 3 aliphatic rings. The van der Waals surface area contributed by atoms with E-state index >= 15 is 9.59 Å². The highest BCUT2D eigenvalue weighted by molar-refractivity contribution is 6.24. The molecule has 7 rings (SSSR count). The molecule has 7 heteroatoms. The molecule has 1 amide bonds. The average molecular weight is 667 g/mol. The summed E-state index contributed by atoms with van der Waals surface area (Å²) in [6.07, 6.45) is 2.85. The fraction of sp³-hybridized carbons (Fsp3) is 0.302. The van der Waals surface area contributed by atoms with Crippen LogP contribution in [-0.4, -0.2) is 36.8 Å². The second-order valence-corrected chi connectivity index (χ2v) is 13.3. The zero-order chi connectivity index (χ0) is 34.9. The molecule has 6 atom stereocenters. The van der Waals surface area contributed by atoms with Crippen LogP contribution in [0.1, 0.15) is 68.1 Å².